The van der Waals surface area contributed by atoms with Gasteiger partial charge in [0.2, 0.25) is 5.43 Å². The third kappa shape index (κ3) is 5.86. The number of esters is 1. The molecule has 1 aliphatic carbocycles. The summed E-state index contributed by atoms with van der Waals surface area (Å²) in [5, 5.41) is -0.0529. The second-order valence-electron chi connectivity index (χ2n) is 10.7. The Hall–Kier alpha value is -3.23. The molecule has 1 saturated heterocycles. The number of nitrogens with zero attached hydrogens (tertiary/aromatic N) is 2. The minimum absolute atomic E-state index is 0.00498. The first-order chi connectivity index (χ1) is 17.5. The van der Waals surface area contributed by atoms with Crippen molar-refractivity contribution in [2.45, 2.75) is 83.9 Å². The van der Waals surface area contributed by atoms with Crippen LogP contribution < -0.4 is 5.43 Å². The average molecular weight is 517 g/mol. The molecule has 1 atom stereocenters. The van der Waals surface area contributed by atoms with E-state index in [1.807, 2.05) is 20.8 Å². The number of aromatic nitrogens is 1. The number of hydrogen-bond acceptors (Lipinski definition) is 5. The number of allylic oxidation sites excluding steroid dienone is 1. The van der Waals surface area contributed by atoms with Gasteiger partial charge in [0, 0.05) is 30.4 Å². The molecule has 1 aromatic carbocycles. The van der Waals surface area contributed by atoms with E-state index in [0.717, 1.165) is 31.7 Å². The van der Waals surface area contributed by atoms with E-state index in [4.69, 9.17) is 9.47 Å². The van der Waals surface area contributed by atoms with Gasteiger partial charge in [-0.15, -0.1) is 0 Å². The average Bonchev–Trinajstić information content (AvgIpc) is 3.55. The van der Waals surface area contributed by atoms with Gasteiger partial charge in [0.15, 0.2) is 11.6 Å². The van der Waals surface area contributed by atoms with Crippen molar-refractivity contribution < 1.29 is 27.8 Å². The van der Waals surface area contributed by atoms with Crippen molar-refractivity contribution in [2.75, 3.05) is 13.2 Å². The maximum atomic E-state index is 15.1. The molecule has 0 N–H and O–H groups in total. The van der Waals surface area contributed by atoms with Crippen LogP contribution in [0.4, 0.5) is 13.6 Å². The second kappa shape index (κ2) is 10.6. The lowest BCUT2D eigenvalue weighted by atomic mass is 10.0. The summed E-state index contributed by atoms with van der Waals surface area (Å²) < 4.78 is 41.9. The summed E-state index contributed by atoms with van der Waals surface area (Å²) >= 11 is 0. The number of rotatable bonds is 7. The van der Waals surface area contributed by atoms with Crippen molar-refractivity contribution in [2.24, 2.45) is 0 Å². The Kier molecular flexibility index (Phi) is 7.71. The lowest BCUT2D eigenvalue weighted by Gasteiger charge is -2.28. The number of pyridine rings is 1. The third-order valence-electron chi connectivity index (χ3n) is 6.63. The molecule has 2 aromatic rings. The van der Waals surface area contributed by atoms with Gasteiger partial charge in [-0.05, 0) is 72.3 Å². The Morgan fingerprint density at radius 2 is 1.92 bits per heavy atom. The van der Waals surface area contributed by atoms with Crippen LogP contribution in [0.2, 0.25) is 0 Å². The number of benzene rings is 1. The van der Waals surface area contributed by atoms with Gasteiger partial charge in [0.25, 0.3) is 0 Å². The number of carbonyl (C=O) groups is 2. The summed E-state index contributed by atoms with van der Waals surface area (Å²) in [5.41, 5.74) is -1.20. The summed E-state index contributed by atoms with van der Waals surface area (Å²) in [6.45, 7) is 7.84. The molecular weight excluding hydrogens is 482 g/mol. The molecule has 200 valence electrons. The SMILES string of the molecule is CCOC(=O)c1cn(C2CC2)c2c(C=CCCC3CCCN3C(=O)OC(C)(C)C)c(F)c(F)cc2c1=O. The van der Waals surface area contributed by atoms with E-state index < -0.39 is 28.6 Å². The van der Waals surface area contributed by atoms with Crippen LogP contribution in [0.1, 0.15) is 88.2 Å². The van der Waals surface area contributed by atoms with E-state index in [0.29, 0.717) is 19.4 Å². The Balaban J connectivity index is 1.62. The molecule has 1 aromatic heterocycles. The maximum Gasteiger partial charge on any atom is 0.410 e. The van der Waals surface area contributed by atoms with Crippen molar-refractivity contribution in [3.05, 3.63) is 51.3 Å². The predicted molar refractivity (Wildman–Crippen MR) is 137 cm³/mol. The van der Waals surface area contributed by atoms with E-state index >= 15 is 4.39 Å². The number of likely N-dealkylation sites (tertiary alicyclic amines) is 1. The van der Waals surface area contributed by atoms with Crippen LogP contribution in [-0.2, 0) is 9.47 Å². The van der Waals surface area contributed by atoms with Gasteiger partial charge in [-0.25, -0.2) is 18.4 Å². The highest BCUT2D eigenvalue weighted by atomic mass is 19.2. The number of hydrogen-bond donors (Lipinski definition) is 0. The zero-order chi connectivity index (χ0) is 26.9. The number of halogens is 2. The summed E-state index contributed by atoms with van der Waals surface area (Å²) in [4.78, 5) is 39.7. The molecule has 1 saturated carbocycles. The van der Waals surface area contributed by atoms with E-state index in [9.17, 15) is 18.8 Å². The van der Waals surface area contributed by atoms with E-state index in [1.165, 1.54) is 12.3 Å². The quantitative estimate of drug-likeness (QED) is 0.423. The largest absolute Gasteiger partial charge is 0.462 e. The predicted octanol–water partition coefficient (Wildman–Crippen LogP) is 5.98. The van der Waals surface area contributed by atoms with Gasteiger partial charge in [-0.2, -0.15) is 0 Å². The zero-order valence-corrected chi connectivity index (χ0v) is 21.8. The second-order valence-corrected chi connectivity index (χ2v) is 10.7. The van der Waals surface area contributed by atoms with E-state index in [2.05, 4.69) is 0 Å². The highest BCUT2D eigenvalue weighted by Crippen LogP contribution is 2.39. The number of amides is 1. The van der Waals surface area contributed by atoms with Crippen LogP contribution in [0.25, 0.3) is 17.0 Å². The Morgan fingerprint density at radius 1 is 1.19 bits per heavy atom. The summed E-state index contributed by atoms with van der Waals surface area (Å²) in [6, 6.07) is 0.864. The first-order valence-corrected chi connectivity index (χ1v) is 12.9. The van der Waals surface area contributed by atoms with Crippen molar-refractivity contribution in [1.29, 1.82) is 0 Å². The zero-order valence-electron chi connectivity index (χ0n) is 21.8. The normalized spacial score (nSPS) is 18.1. The molecule has 0 bridgehead atoms. The molecule has 0 spiro atoms. The van der Waals surface area contributed by atoms with Crippen LogP contribution >= 0.6 is 0 Å². The molecule has 2 heterocycles. The number of ether oxygens (including phenoxy) is 2. The van der Waals surface area contributed by atoms with Crippen molar-refractivity contribution >= 4 is 29.0 Å². The molecule has 9 heteroatoms. The molecule has 1 aliphatic heterocycles. The third-order valence-corrected chi connectivity index (χ3v) is 6.63. The van der Waals surface area contributed by atoms with Gasteiger partial charge in [-0.1, -0.05) is 12.2 Å². The lowest BCUT2D eigenvalue weighted by Crippen LogP contribution is -2.39. The minimum Gasteiger partial charge on any atom is -0.462 e. The Bertz CT molecular complexity index is 1290. The van der Waals surface area contributed by atoms with E-state index in [1.54, 1.807) is 22.5 Å². The fourth-order valence-corrected chi connectivity index (χ4v) is 4.83. The summed E-state index contributed by atoms with van der Waals surface area (Å²) in [5.74, 6) is -2.98. The maximum absolute atomic E-state index is 15.1. The highest BCUT2D eigenvalue weighted by Gasteiger charge is 2.32. The first-order valence-electron chi connectivity index (χ1n) is 12.9. The number of carbonyl (C=O) groups excluding carboxylic acids is 2. The van der Waals surface area contributed by atoms with Gasteiger partial charge in [0.05, 0.1) is 17.5 Å². The van der Waals surface area contributed by atoms with Crippen LogP contribution in [0.15, 0.2) is 23.1 Å². The first kappa shape index (κ1) is 26.8. The van der Waals surface area contributed by atoms with Crippen molar-refractivity contribution in [3.63, 3.8) is 0 Å². The van der Waals surface area contributed by atoms with E-state index in [-0.39, 0.29) is 46.8 Å². The summed E-state index contributed by atoms with van der Waals surface area (Å²) in [7, 11) is 0. The minimum atomic E-state index is -1.15. The monoisotopic (exact) mass is 516 g/mol. The lowest BCUT2D eigenvalue weighted by molar-refractivity contribution is 0.0221. The molecule has 1 amide bonds. The van der Waals surface area contributed by atoms with Crippen LogP contribution in [-0.4, -0.2) is 46.3 Å². The van der Waals surface area contributed by atoms with Crippen LogP contribution in [0, 0.1) is 11.6 Å². The van der Waals surface area contributed by atoms with Crippen molar-refractivity contribution in [3.8, 4) is 0 Å². The van der Waals surface area contributed by atoms with Gasteiger partial charge in [-0.3, -0.25) is 4.79 Å². The topological polar surface area (TPSA) is 77.8 Å². The van der Waals surface area contributed by atoms with Gasteiger partial charge >= 0.3 is 12.1 Å². The fraction of sp³-hybridized carbons (Fsp3) is 0.536. The Morgan fingerprint density at radius 3 is 2.57 bits per heavy atom. The van der Waals surface area contributed by atoms with Crippen LogP contribution in [0.3, 0.4) is 0 Å². The molecular formula is C28H34F2N2O5. The highest BCUT2D eigenvalue weighted by molar-refractivity contribution is 5.96. The molecule has 0 radical (unpaired) electrons. The van der Waals surface area contributed by atoms with Gasteiger partial charge in [0.1, 0.15) is 11.2 Å². The summed E-state index contributed by atoms with van der Waals surface area (Å²) in [6.07, 6.45) is 8.83. The molecule has 2 fully saturated rings. The molecule has 7 nitrogen and oxygen atoms in total. The Labute approximate surface area is 215 Å². The van der Waals surface area contributed by atoms with Crippen LogP contribution in [0.5, 0.6) is 0 Å². The molecule has 1 unspecified atom stereocenters. The molecule has 4 rings (SSSR count). The smallest absolute Gasteiger partial charge is 0.410 e. The van der Waals surface area contributed by atoms with Crippen molar-refractivity contribution in [1.82, 2.24) is 9.47 Å². The molecule has 37 heavy (non-hydrogen) atoms. The fourth-order valence-electron chi connectivity index (χ4n) is 4.83. The number of fused-ring (bicyclic) bond motifs is 1. The standard InChI is InChI=1S/C28H34F2N2O5/c1-5-36-26(34)21-16-32(18-12-13-18)24-19(23(30)22(29)15-20(24)25(21)33)11-7-6-9-17-10-8-14-31(17)27(35)37-28(2,3)4/h7,11,15-18H,5-6,8-10,12-14H2,1-4H3. The van der Waals surface area contributed by atoms with Gasteiger partial charge < -0.3 is 18.9 Å². The molecule has 2 aliphatic rings.